The van der Waals surface area contributed by atoms with Crippen LogP contribution in [0.15, 0.2) is 36.4 Å². The van der Waals surface area contributed by atoms with Gasteiger partial charge in [0.05, 0.1) is 6.10 Å². The first-order chi connectivity index (χ1) is 9.47. The van der Waals surface area contributed by atoms with Crippen molar-refractivity contribution in [3.8, 4) is 5.75 Å². The summed E-state index contributed by atoms with van der Waals surface area (Å²) in [4.78, 5) is 0. The number of aliphatic hydroxyl groups excluding tert-OH is 1. The van der Waals surface area contributed by atoms with Crippen molar-refractivity contribution in [1.82, 2.24) is 0 Å². The molecule has 0 radical (unpaired) electrons. The highest BCUT2D eigenvalue weighted by Gasteiger charge is 2.10. The summed E-state index contributed by atoms with van der Waals surface area (Å²) in [6.07, 6.45) is -0.926. The average molecular weight is 282 g/mol. The lowest BCUT2D eigenvalue weighted by molar-refractivity contribution is 0.193. The van der Waals surface area contributed by atoms with Crippen LogP contribution in [0.1, 0.15) is 24.2 Å². The molecular weight excluding hydrogens is 269 g/mol. The van der Waals surface area contributed by atoms with Crippen LogP contribution in [0.5, 0.6) is 5.75 Å². The van der Waals surface area contributed by atoms with Gasteiger partial charge in [-0.25, -0.2) is 13.2 Å². The van der Waals surface area contributed by atoms with E-state index in [1.807, 2.05) is 0 Å². The Bertz CT molecular complexity index is 612. The van der Waals surface area contributed by atoms with Crippen molar-refractivity contribution in [1.29, 1.82) is 0 Å². The van der Waals surface area contributed by atoms with Gasteiger partial charge in [0.25, 0.3) is 0 Å². The summed E-state index contributed by atoms with van der Waals surface area (Å²) < 4.78 is 45.1. The van der Waals surface area contributed by atoms with Gasteiger partial charge in [-0.05, 0) is 37.3 Å². The standard InChI is InChI=1S/C15H13F3O2/c1-9(19)13-4-3-12(7-15(13)18)20-8-10-6-11(16)2-5-14(10)17/h2-7,9,19H,8H2,1H3/t9-/m0/s1. The van der Waals surface area contributed by atoms with Gasteiger partial charge in [0.2, 0.25) is 0 Å². The second kappa shape index (κ2) is 5.96. The first kappa shape index (κ1) is 14.4. The Morgan fingerprint density at radius 1 is 1.05 bits per heavy atom. The van der Waals surface area contributed by atoms with Crippen molar-refractivity contribution in [3.05, 3.63) is 65.0 Å². The van der Waals surface area contributed by atoms with Gasteiger partial charge >= 0.3 is 0 Å². The minimum Gasteiger partial charge on any atom is -0.489 e. The van der Waals surface area contributed by atoms with Crippen LogP contribution >= 0.6 is 0 Å². The zero-order valence-corrected chi connectivity index (χ0v) is 10.7. The summed E-state index contributed by atoms with van der Waals surface area (Å²) in [5, 5.41) is 9.30. The largest absolute Gasteiger partial charge is 0.489 e. The van der Waals surface area contributed by atoms with E-state index < -0.39 is 23.6 Å². The molecule has 1 N–H and O–H groups in total. The summed E-state index contributed by atoms with van der Waals surface area (Å²) in [6.45, 7) is 1.23. The maximum atomic E-state index is 13.6. The third-order valence-corrected chi connectivity index (χ3v) is 2.82. The van der Waals surface area contributed by atoms with E-state index in [2.05, 4.69) is 0 Å². The third-order valence-electron chi connectivity index (χ3n) is 2.82. The van der Waals surface area contributed by atoms with Crippen LogP contribution in [-0.2, 0) is 6.61 Å². The zero-order chi connectivity index (χ0) is 14.7. The maximum Gasteiger partial charge on any atom is 0.132 e. The van der Waals surface area contributed by atoms with E-state index in [-0.39, 0.29) is 23.5 Å². The molecule has 0 aromatic heterocycles. The molecule has 0 bridgehead atoms. The molecule has 2 aromatic rings. The van der Waals surface area contributed by atoms with Gasteiger partial charge in [-0.1, -0.05) is 0 Å². The number of aliphatic hydroxyl groups is 1. The molecular formula is C15H13F3O2. The van der Waals surface area contributed by atoms with Gasteiger partial charge in [0, 0.05) is 17.2 Å². The molecule has 0 saturated carbocycles. The van der Waals surface area contributed by atoms with Crippen molar-refractivity contribution >= 4 is 0 Å². The Labute approximate surface area is 114 Å². The predicted molar refractivity (Wildman–Crippen MR) is 67.7 cm³/mol. The van der Waals surface area contributed by atoms with Crippen LogP contribution in [0.3, 0.4) is 0 Å². The molecule has 0 saturated heterocycles. The first-order valence-corrected chi connectivity index (χ1v) is 6.01. The molecule has 2 aromatic carbocycles. The van der Waals surface area contributed by atoms with E-state index in [9.17, 15) is 18.3 Å². The molecule has 0 amide bonds. The van der Waals surface area contributed by atoms with Gasteiger partial charge in [0.15, 0.2) is 0 Å². The Balaban J connectivity index is 2.11. The smallest absolute Gasteiger partial charge is 0.132 e. The number of rotatable bonds is 4. The Morgan fingerprint density at radius 2 is 1.80 bits per heavy atom. The zero-order valence-electron chi connectivity index (χ0n) is 10.7. The topological polar surface area (TPSA) is 29.5 Å². The summed E-state index contributed by atoms with van der Waals surface area (Å²) in [5.74, 6) is -1.60. The highest BCUT2D eigenvalue weighted by molar-refractivity contribution is 5.30. The van der Waals surface area contributed by atoms with E-state index in [0.717, 1.165) is 24.3 Å². The second-order valence-corrected chi connectivity index (χ2v) is 4.38. The highest BCUT2D eigenvalue weighted by Crippen LogP contribution is 2.22. The summed E-state index contributed by atoms with van der Waals surface area (Å²) in [7, 11) is 0. The quantitative estimate of drug-likeness (QED) is 0.925. The molecule has 20 heavy (non-hydrogen) atoms. The Hall–Kier alpha value is -2.01. The second-order valence-electron chi connectivity index (χ2n) is 4.38. The van der Waals surface area contributed by atoms with E-state index in [0.29, 0.717) is 0 Å². The van der Waals surface area contributed by atoms with E-state index in [4.69, 9.17) is 4.74 Å². The molecule has 0 spiro atoms. The van der Waals surface area contributed by atoms with E-state index in [1.165, 1.54) is 19.1 Å². The lowest BCUT2D eigenvalue weighted by atomic mass is 10.1. The van der Waals surface area contributed by atoms with Crippen LogP contribution < -0.4 is 4.74 Å². The lowest BCUT2D eigenvalue weighted by Gasteiger charge is -2.10. The molecule has 0 fully saturated rings. The summed E-state index contributed by atoms with van der Waals surface area (Å²) >= 11 is 0. The number of halogens is 3. The Kier molecular flexibility index (Phi) is 4.29. The van der Waals surface area contributed by atoms with Crippen molar-refractivity contribution in [3.63, 3.8) is 0 Å². The molecule has 106 valence electrons. The molecule has 1 atom stereocenters. The third kappa shape index (κ3) is 3.30. The van der Waals surface area contributed by atoms with E-state index >= 15 is 0 Å². The van der Waals surface area contributed by atoms with Crippen molar-refractivity contribution in [2.45, 2.75) is 19.6 Å². The van der Waals surface area contributed by atoms with Crippen LogP contribution in [0.2, 0.25) is 0 Å². The molecule has 0 aliphatic carbocycles. The normalized spacial score (nSPS) is 12.2. The van der Waals surface area contributed by atoms with Crippen LogP contribution in [0, 0.1) is 17.5 Å². The molecule has 2 rings (SSSR count). The average Bonchev–Trinajstić information content (AvgIpc) is 2.39. The number of hydrogen-bond acceptors (Lipinski definition) is 2. The van der Waals surface area contributed by atoms with Crippen LogP contribution in [-0.4, -0.2) is 5.11 Å². The fourth-order valence-electron chi connectivity index (χ4n) is 1.75. The fraction of sp³-hybridized carbons (Fsp3) is 0.200. The van der Waals surface area contributed by atoms with Gasteiger partial charge in [-0.15, -0.1) is 0 Å². The van der Waals surface area contributed by atoms with Gasteiger partial charge in [-0.2, -0.15) is 0 Å². The maximum absolute atomic E-state index is 13.6. The summed E-state index contributed by atoms with van der Waals surface area (Å²) in [6, 6.07) is 6.98. The van der Waals surface area contributed by atoms with Crippen LogP contribution in [0.4, 0.5) is 13.2 Å². The SMILES string of the molecule is C[C@H](O)c1ccc(OCc2cc(F)ccc2F)cc1F. The van der Waals surface area contributed by atoms with Crippen LogP contribution in [0.25, 0.3) is 0 Å². The highest BCUT2D eigenvalue weighted by atomic mass is 19.1. The number of ether oxygens (including phenoxy) is 1. The first-order valence-electron chi connectivity index (χ1n) is 6.01. The fourth-order valence-corrected chi connectivity index (χ4v) is 1.75. The summed E-state index contributed by atoms with van der Waals surface area (Å²) in [5.41, 5.74) is 0.194. The van der Waals surface area contributed by atoms with Gasteiger partial charge in [-0.3, -0.25) is 0 Å². The minimum absolute atomic E-state index is 0.0463. The predicted octanol–water partition coefficient (Wildman–Crippen LogP) is 3.74. The molecule has 0 aliphatic rings. The molecule has 2 nitrogen and oxygen atoms in total. The van der Waals surface area contributed by atoms with Crippen molar-refractivity contribution in [2.24, 2.45) is 0 Å². The monoisotopic (exact) mass is 282 g/mol. The molecule has 0 unspecified atom stereocenters. The van der Waals surface area contributed by atoms with E-state index in [1.54, 1.807) is 0 Å². The number of benzene rings is 2. The van der Waals surface area contributed by atoms with Crippen molar-refractivity contribution in [2.75, 3.05) is 0 Å². The van der Waals surface area contributed by atoms with Gasteiger partial charge < -0.3 is 9.84 Å². The molecule has 0 heterocycles. The molecule has 0 aliphatic heterocycles. The van der Waals surface area contributed by atoms with Gasteiger partial charge in [0.1, 0.15) is 29.8 Å². The van der Waals surface area contributed by atoms with Crippen molar-refractivity contribution < 1.29 is 23.0 Å². The Morgan fingerprint density at radius 3 is 2.45 bits per heavy atom. The number of hydrogen-bond donors (Lipinski definition) is 1. The molecule has 5 heteroatoms. The minimum atomic E-state index is -0.926. The lowest BCUT2D eigenvalue weighted by Crippen LogP contribution is -2.01.